The van der Waals surface area contributed by atoms with Crippen LogP contribution in [0.15, 0.2) is 17.1 Å². The Kier molecular flexibility index (Phi) is 5.10. The van der Waals surface area contributed by atoms with Gasteiger partial charge in [0, 0.05) is 30.2 Å². The molecule has 1 aliphatic heterocycles. The second-order valence-corrected chi connectivity index (χ2v) is 5.39. The van der Waals surface area contributed by atoms with E-state index >= 15 is 0 Å². The highest BCUT2D eigenvalue weighted by Crippen LogP contribution is 2.32. The van der Waals surface area contributed by atoms with Crippen LogP contribution in [0.5, 0.6) is 11.5 Å². The number of hydrogen-bond donors (Lipinski definition) is 1. The standard InChI is InChI=1S/C14H20N2O2S/c1-17-13-7-10-3-5-16-12(9-19-6-4-15)11(10)8-14(13)18-2/h7-8H,3-6,9,15H2,1-2H3. The Morgan fingerprint density at radius 2 is 2.00 bits per heavy atom. The maximum atomic E-state index is 5.53. The molecule has 1 aliphatic rings. The molecule has 0 atom stereocenters. The summed E-state index contributed by atoms with van der Waals surface area (Å²) in [5, 5.41) is 0. The fourth-order valence-corrected chi connectivity index (χ4v) is 2.92. The second kappa shape index (κ2) is 6.82. The van der Waals surface area contributed by atoms with Crippen LogP contribution < -0.4 is 15.2 Å². The Labute approximate surface area is 118 Å². The molecule has 5 heteroatoms. The lowest BCUT2D eigenvalue weighted by atomic mass is 9.97. The molecule has 0 aromatic heterocycles. The molecule has 0 unspecified atom stereocenters. The number of thioether (sulfide) groups is 1. The molecule has 0 fully saturated rings. The van der Waals surface area contributed by atoms with Gasteiger partial charge in [-0.05, 0) is 24.1 Å². The minimum Gasteiger partial charge on any atom is -0.493 e. The molecular weight excluding hydrogens is 260 g/mol. The number of aliphatic imine (C=N–C) groups is 1. The van der Waals surface area contributed by atoms with Gasteiger partial charge in [-0.2, -0.15) is 11.8 Å². The molecule has 0 aliphatic carbocycles. The minimum absolute atomic E-state index is 0.705. The number of rotatable bonds is 6. The largest absolute Gasteiger partial charge is 0.493 e. The summed E-state index contributed by atoms with van der Waals surface area (Å²) in [6.45, 7) is 1.55. The number of nitrogens with two attached hydrogens (primary N) is 1. The minimum atomic E-state index is 0.705. The zero-order valence-corrected chi connectivity index (χ0v) is 12.3. The van der Waals surface area contributed by atoms with Crippen LogP contribution in [0.3, 0.4) is 0 Å². The van der Waals surface area contributed by atoms with Crippen molar-refractivity contribution in [2.75, 3.05) is 38.8 Å². The number of methoxy groups -OCH3 is 2. The Morgan fingerprint density at radius 1 is 1.26 bits per heavy atom. The van der Waals surface area contributed by atoms with E-state index in [9.17, 15) is 0 Å². The van der Waals surface area contributed by atoms with E-state index < -0.39 is 0 Å². The fourth-order valence-electron chi connectivity index (χ4n) is 2.17. The summed E-state index contributed by atoms with van der Waals surface area (Å²) in [6, 6.07) is 4.10. The number of nitrogens with zero attached hydrogens (tertiary/aromatic N) is 1. The number of ether oxygens (including phenoxy) is 2. The van der Waals surface area contributed by atoms with Crippen molar-refractivity contribution in [2.45, 2.75) is 6.42 Å². The van der Waals surface area contributed by atoms with Crippen LogP contribution in [0.1, 0.15) is 11.1 Å². The number of fused-ring (bicyclic) bond motifs is 1. The highest BCUT2D eigenvalue weighted by Gasteiger charge is 2.18. The summed E-state index contributed by atoms with van der Waals surface area (Å²) in [5.74, 6) is 3.42. The normalized spacial score (nSPS) is 13.7. The number of benzene rings is 1. The van der Waals surface area contributed by atoms with Crippen LogP contribution >= 0.6 is 11.8 Å². The third kappa shape index (κ3) is 3.22. The molecule has 0 radical (unpaired) electrons. The van der Waals surface area contributed by atoms with Crippen LogP contribution in [-0.4, -0.2) is 44.5 Å². The molecule has 1 aromatic rings. The molecule has 0 saturated carbocycles. The maximum Gasteiger partial charge on any atom is 0.161 e. The smallest absolute Gasteiger partial charge is 0.161 e. The van der Waals surface area contributed by atoms with Gasteiger partial charge in [-0.3, -0.25) is 4.99 Å². The van der Waals surface area contributed by atoms with Crippen molar-refractivity contribution in [3.8, 4) is 11.5 Å². The SMILES string of the molecule is COc1cc2c(cc1OC)C(CSCCN)=NCC2. The van der Waals surface area contributed by atoms with Crippen LogP contribution in [0.2, 0.25) is 0 Å². The quantitative estimate of drug-likeness (QED) is 0.806. The summed E-state index contributed by atoms with van der Waals surface area (Å²) >= 11 is 1.82. The fraction of sp³-hybridized carbons (Fsp3) is 0.500. The van der Waals surface area contributed by atoms with Gasteiger partial charge in [-0.15, -0.1) is 0 Å². The highest BCUT2D eigenvalue weighted by atomic mass is 32.2. The molecule has 0 bridgehead atoms. The molecular formula is C14H20N2O2S. The van der Waals surface area contributed by atoms with Gasteiger partial charge in [0.15, 0.2) is 11.5 Å². The zero-order valence-electron chi connectivity index (χ0n) is 11.4. The van der Waals surface area contributed by atoms with Crippen LogP contribution in [0.25, 0.3) is 0 Å². The predicted molar refractivity (Wildman–Crippen MR) is 81.0 cm³/mol. The van der Waals surface area contributed by atoms with Crippen LogP contribution in [-0.2, 0) is 6.42 Å². The van der Waals surface area contributed by atoms with Crippen LogP contribution in [0, 0.1) is 0 Å². The summed E-state index contributed by atoms with van der Waals surface area (Å²) < 4.78 is 10.7. The monoisotopic (exact) mass is 280 g/mol. The second-order valence-electron chi connectivity index (χ2n) is 4.28. The van der Waals surface area contributed by atoms with E-state index in [0.29, 0.717) is 6.54 Å². The Bertz CT molecular complexity index is 475. The van der Waals surface area contributed by atoms with Gasteiger partial charge < -0.3 is 15.2 Å². The summed E-state index contributed by atoms with van der Waals surface area (Å²) in [7, 11) is 3.33. The first-order valence-corrected chi connectivity index (χ1v) is 7.52. The molecule has 0 spiro atoms. The summed E-state index contributed by atoms with van der Waals surface area (Å²) in [6.07, 6.45) is 0.959. The molecule has 2 N–H and O–H groups in total. The van der Waals surface area contributed by atoms with E-state index in [0.717, 1.165) is 41.7 Å². The first-order valence-electron chi connectivity index (χ1n) is 6.36. The average Bonchev–Trinajstić information content (AvgIpc) is 2.46. The van der Waals surface area contributed by atoms with Crippen molar-refractivity contribution in [1.82, 2.24) is 0 Å². The lowest BCUT2D eigenvalue weighted by molar-refractivity contribution is 0.354. The van der Waals surface area contributed by atoms with E-state index in [-0.39, 0.29) is 0 Å². The van der Waals surface area contributed by atoms with Crippen molar-refractivity contribution < 1.29 is 9.47 Å². The molecule has 2 rings (SSSR count). The van der Waals surface area contributed by atoms with Gasteiger partial charge in [0.1, 0.15) is 0 Å². The topological polar surface area (TPSA) is 56.8 Å². The van der Waals surface area contributed by atoms with Gasteiger partial charge in [-0.1, -0.05) is 0 Å². The van der Waals surface area contributed by atoms with Gasteiger partial charge in [-0.25, -0.2) is 0 Å². The van der Waals surface area contributed by atoms with E-state index in [1.807, 2.05) is 17.8 Å². The average molecular weight is 280 g/mol. The van der Waals surface area contributed by atoms with Crippen molar-refractivity contribution in [2.24, 2.45) is 10.7 Å². The van der Waals surface area contributed by atoms with E-state index in [1.165, 1.54) is 11.1 Å². The molecule has 104 valence electrons. The lowest BCUT2D eigenvalue weighted by Gasteiger charge is -2.19. The maximum absolute atomic E-state index is 5.53. The van der Waals surface area contributed by atoms with Crippen molar-refractivity contribution in [3.63, 3.8) is 0 Å². The molecule has 1 aromatic carbocycles. The van der Waals surface area contributed by atoms with E-state index in [2.05, 4.69) is 11.1 Å². The van der Waals surface area contributed by atoms with Gasteiger partial charge in [0.05, 0.1) is 19.9 Å². The molecule has 1 heterocycles. The first-order chi connectivity index (χ1) is 9.30. The number of hydrogen-bond acceptors (Lipinski definition) is 5. The van der Waals surface area contributed by atoms with Crippen molar-refractivity contribution >= 4 is 17.5 Å². The van der Waals surface area contributed by atoms with E-state index in [1.54, 1.807) is 14.2 Å². The third-order valence-corrected chi connectivity index (χ3v) is 4.11. The lowest BCUT2D eigenvalue weighted by Crippen LogP contribution is -2.16. The highest BCUT2D eigenvalue weighted by molar-refractivity contribution is 8.00. The molecule has 0 amide bonds. The van der Waals surface area contributed by atoms with Crippen molar-refractivity contribution in [1.29, 1.82) is 0 Å². The Morgan fingerprint density at radius 3 is 2.68 bits per heavy atom. The van der Waals surface area contributed by atoms with Gasteiger partial charge in [0.25, 0.3) is 0 Å². The predicted octanol–water partition coefficient (Wildman–Crippen LogP) is 1.74. The zero-order chi connectivity index (χ0) is 13.7. The van der Waals surface area contributed by atoms with Crippen molar-refractivity contribution in [3.05, 3.63) is 23.3 Å². The van der Waals surface area contributed by atoms with Crippen LogP contribution in [0.4, 0.5) is 0 Å². The Balaban J connectivity index is 2.27. The molecule has 4 nitrogen and oxygen atoms in total. The van der Waals surface area contributed by atoms with Gasteiger partial charge >= 0.3 is 0 Å². The van der Waals surface area contributed by atoms with E-state index in [4.69, 9.17) is 15.2 Å². The summed E-state index contributed by atoms with van der Waals surface area (Å²) in [4.78, 5) is 4.63. The summed E-state index contributed by atoms with van der Waals surface area (Å²) in [5.41, 5.74) is 9.14. The van der Waals surface area contributed by atoms with Gasteiger partial charge in [0.2, 0.25) is 0 Å². The Hall–Kier alpha value is -1.20. The third-order valence-electron chi connectivity index (χ3n) is 3.11. The molecule has 0 saturated heterocycles. The molecule has 19 heavy (non-hydrogen) atoms. The first kappa shape index (κ1) is 14.2.